The van der Waals surface area contributed by atoms with Crippen LogP contribution in [0.2, 0.25) is 0 Å². The first-order valence-electron chi connectivity index (χ1n) is 9.57. The summed E-state index contributed by atoms with van der Waals surface area (Å²) in [6, 6.07) is 6.02. The minimum absolute atomic E-state index is 0.159. The van der Waals surface area contributed by atoms with Crippen LogP contribution >= 0.6 is 0 Å². The second kappa shape index (κ2) is 6.32. The standard InChI is InChI=1S/C20H27N3O4/c1-20(2,3)27-19(25)23-9-5-6-13-11-22(12-16(13)23)14-7-8-15-17(10-14)26-18(24)21(15)4/h7-8,10,13,16H,5-6,9,11-12H2,1-4H3/t13-,16+/m1/s1. The number of hydrogen-bond acceptors (Lipinski definition) is 5. The van der Waals surface area contributed by atoms with E-state index in [1.165, 1.54) is 4.57 Å². The highest BCUT2D eigenvalue weighted by molar-refractivity contribution is 5.78. The predicted octanol–water partition coefficient (Wildman–Crippen LogP) is 2.97. The molecule has 0 aliphatic carbocycles. The van der Waals surface area contributed by atoms with Crippen LogP contribution in [-0.2, 0) is 11.8 Å². The molecule has 3 heterocycles. The van der Waals surface area contributed by atoms with Gasteiger partial charge in [0.05, 0.1) is 11.6 Å². The molecular weight excluding hydrogens is 346 g/mol. The molecule has 1 aromatic heterocycles. The highest BCUT2D eigenvalue weighted by Crippen LogP contribution is 2.35. The van der Waals surface area contributed by atoms with E-state index < -0.39 is 5.60 Å². The minimum atomic E-state index is -0.488. The van der Waals surface area contributed by atoms with Gasteiger partial charge in [-0.15, -0.1) is 0 Å². The molecule has 27 heavy (non-hydrogen) atoms. The Balaban J connectivity index is 1.56. The summed E-state index contributed by atoms with van der Waals surface area (Å²) in [5.74, 6) is 0.0816. The normalized spacial score (nSPS) is 23.0. The number of nitrogens with zero attached hydrogens (tertiary/aromatic N) is 3. The van der Waals surface area contributed by atoms with Crippen molar-refractivity contribution in [3.8, 4) is 0 Å². The molecule has 0 bridgehead atoms. The largest absolute Gasteiger partial charge is 0.444 e. The number of aryl methyl sites for hydroxylation is 1. The summed E-state index contributed by atoms with van der Waals surface area (Å²) in [6.07, 6.45) is 1.90. The number of hydrogen-bond donors (Lipinski definition) is 0. The quantitative estimate of drug-likeness (QED) is 0.769. The van der Waals surface area contributed by atoms with E-state index in [2.05, 4.69) is 4.90 Å². The Morgan fingerprint density at radius 2 is 2.04 bits per heavy atom. The van der Waals surface area contributed by atoms with E-state index in [0.29, 0.717) is 11.5 Å². The fourth-order valence-corrected chi connectivity index (χ4v) is 4.26. The van der Waals surface area contributed by atoms with Crippen molar-refractivity contribution in [2.45, 2.75) is 45.3 Å². The maximum absolute atomic E-state index is 12.6. The van der Waals surface area contributed by atoms with Gasteiger partial charge in [0.2, 0.25) is 0 Å². The lowest BCUT2D eigenvalue weighted by molar-refractivity contribution is 0.00670. The zero-order valence-corrected chi connectivity index (χ0v) is 16.4. The Labute approximate surface area is 158 Å². The Kier molecular flexibility index (Phi) is 4.20. The van der Waals surface area contributed by atoms with Crippen LogP contribution in [0.15, 0.2) is 27.4 Å². The SMILES string of the molecule is Cn1c(=O)oc2cc(N3C[C@H]4CCCN(C(=O)OC(C)(C)C)[C@H]4C3)ccc21. The van der Waals surface area contributed by atoms with Crippen LogP contribution in [0.3, 0.4) is 0 Å². The van der Waals surface area contributed by atoms with Crippen molar-refractivity contribution in [2.24, 2.45) is 13.0 Å². The van der Waals surface area contributed by atoms with Crippen LogP contribution in [-0.4, -0.2) is 46.8 Å². The summed E-state index contributed by atoms with van der Waals surface area (Å²) < 4.78 is 12.5. The molecule has 0 unspecified atom stereocenters. The number of oxazole rings is 1. The van der Waals surface area contributed by atoms with Crippen molar-refractivity contribution in [2.75, 3.05) is 24.5 Å². The van der Waals surface area contributed by atoms with Gasteiger partial charge >= 0.3 is 11.8 Å². The van der Waals surface area contributed by atoms with E-state index in [0.717, 1.165) is 43.7 Å². The van der Waals surface area contributed by atoms with Gasteiger partial charge in [-0.05, 0) is 51.7 Å². The van der Waals surface area contributed by atoms with Gasteiger partial charge in [0, 0.05) is 38.4 Å². The number of benzene rings is 1. The molecule has 2 atom stereocenters. The van der Waals surface area contributed by atoms with Gasteiger partial charge < -0.3 is 19.0 Å². The summed E-state index contributed by atoms with van der Waals surface area (Å²) in [7, 11) is 1.71. The second-order valence-corrected chi connectivity index (χ2v) is 8.63. The molecule has 1 aromatic carbocycles. The molecule has 7 nitrogen and oxygen atoms in total. The number of fused-ring (bicyclic) bond motifs is 2. The number of carbonyl (C=O) groups is 1. The third-order valence-electron chi connectivity index (χ3n) is 5.55. The van der Waals surface area contributed by atoms with E-state index in [-0.39, 0.29) is 17.9 Å². The molecule has 0 N–H and O–H groups in total. The van der Waals surface area contributed by atoms with Crippen LogP contribution in [0.5, 0.6) is 0 Å². The number of amides is 1. The van der Waals surface area contributed by atoms with Gasteiger partial charge in [0.25, 0.3) is 0 Å². The number of anilines is 1. The van der Waals surface area contributed by atoms with E-state index in [9.17, 15) is 9.59 Å². The monoisotopic (exact) mass is 373 g/mol. The fourth-order valence-electron chi connectivity index (χ4n) is 4.26. The molecule has 0 spiro atoms. The lowest BCUT2D eigenvalue weighted by Gasteiger charge is -2.37. The zero-order chi connectivity index (χ0) is 19.3. The van der Waals surface area contributed by atoms with Gasteiger partial charge in [-0.2, -0.15) is 0 Å². The average molecular weight is 373 g/mol. The molecule has 2 aromatic rings. The molecule has 2 aliphatic heterocycles. The summed E-state index contributed by atoms with van der Waals surface area (Å²) in [5, 5.41) is 0. The summed E-state index contributed by atoms with van der Waals surface area (Å²) >= 11 is 0. The topological polar surface area (TPSA) is 67.9 Å². The van der Waals surface area contributed by atoms with Crippen LogP contribution < -0.4 is 10.7 Å². The maximum Gasteiger partial charge on any atom is 0.419 e. The number of rotatable bonds is 1. The van der Waals surface area contributed by atoms with Gasteiger partial charge in [-0.3, -0.25) is 4.57 Å². The molecule has 1 amide bonds. The number of likely N-dealkylation sites (tertiary alicyclic amines) is 1. The van der Waals surface area contributed by atoms with Crippen molar-refractivity contribution in [3.63, 3.8) is 0 Å². The molecule has 2 aliphatic rings. The van der Waals surface area contributed by atoms with Crippen molar-refractivity contribution in [1.82, 2.24) is 9.47 Å². The van der Waals surface area contributed by atoms with Crippen molar-refractivity contribution in [3.05, 3.63) is 28.7 Å². The molecule has 0 radical (unpaired) electrons. The lowest BCUT2D eigenvalue weighted by Crippen LogP contribution is -2.50. The fraction of sp³-hybridized carbons (Fsp3) is 0.600. The highest BCUT2D eigenvalue weighted by atomic mass is 16.6. The second-order valence-electron chi connectivity index (χ2n) is 8.63. The third-order valence-corrected chi connectivity index (χ3v) is 5.55. The molecule has 2 saturated heterocycles. The summed E-state index contributed by atoms with van der Waals surface area (Å²) in [5.41, 5.74) is 1.92. The van der Waals surface area contributed by atoms with Crippen molar-refractivity contribution < 1.29 is 13.9 Å². The van der Waals surface area contributed by atoms with Crippen molar-refractivity contribution in [1.29, 1.82) is 0 Å². The molecule has 2 fully saturated rings. The number of ether oxygens (including phenoxy) is 1. The Bertz CT molecular complexity index is 923. The first-order chi connectivity index (χ1) is 12.7. The predicted molar refractivity (Wildman–Crippen MR) is 103 cm³/mol. The van der Waals surface area contributed by atoms with E-state index >= 15 is 0 Å². The Hall–Kier alpha value is -2.44. The number of aromatic nitrogens is 1. The van der Waals surface area contributed by atoms with Gasteiger partial charge in [-0.25, -0.2) is 9.59 Å². The minimum Gasteiger partial charge on any atom is -0.444 e. The zero-order valence-electron chi connectivity index (χ0n) is 16.4. The van der Waals surface area contributed by atoms with Crippen LogP contribution in [0.25, 0.3) is 11.1 Å². The first kappa shape index (κ1) is 17.9. The van der Waals surface area contributed by atoms with Crippen LogP contribution in [0, 0.1) is 5.92 Å². The summed E-state index contributed by atoms with van der Waals surface area (Å²) in [4.78, 5) is 28.6. The van der Waals surface area contributed by atoms with Gasteiger partial charge in [0.1, 0.15) is 5.60 Å². The van der Waals surface area contributed by atoms with Gasteiger partial charge in [0.15, 0.2) is 5.58 Å². The maximum atomic E-state index is 12.6. The smallest absolute Gasteiger partial charge is 0.419 e. The molecular formula is C20H27N3O4. The Morgan fingerprint density at radius 3 is 2.78 bits per heavy atom. The highest BCUT2D eigenvalue weighted by Gasteiger charge is 2.42. The summed E-state index contributed by atoms with van der Waals surface area (Å²) in [6.45, 7) is 8.11. The van der Waals surface area contributed by atoms with Crippen LogP contribution in [0.1, 0.15) is 33.6 Å². The van der Waals surface area contributed by atoms with Gasteiger partial charge in [-0.1, -0.05) is 0 Å². The number of carbonyl (C=O) groups excluding carboxylic acids is 1. The third kappa shape index (κ3) is 3.31. The van der Waals surface area contributed by atoms with E-state index in [1.807, 2.05) is 43.9 Å². The Morgan fingerprint density at radius 1 is 1.26 bits per heavy atom. The average Bonchev–Trinajstić information content (AvgIpc) is 3.14. The number of piperidine rings is 1. The van der Waals surface area contributed by atoms with E-state index in [4.69, 9.17) is 9.15 Å². The molecule has 146 valence electrons. The molecule has 4 rings (SSSR count). The molecule has 7 heteroatoms. The van der Waals surface area contributed by atoms with E-state index in [1.54, 1.807) is 7.05 Å². The van der Waals surface area contributed by atoms with Crippen LogP contribution in [0.4, 0.5) is 10.5 Å². The van der Waals surface area contributed by atoms with Crippen molar-refractivity contribution >= 4 is 22.9 Å². The lowest BCUT2D eigenvalue weighted by atomic mass is 9.92. The first-order valence-corrected chi connectivity index (χ1v) is 9.57. The molecule has 0 saturated carbocycles.